The first-order valence-electron chi connectivity index (χ1n) is 5.81. The molecule has 0 saturated heterocycles. The molecule has 2 rings (SSSR count). The lowest BCUT2D eigenvalue weighted by Crippen LogP contribution is -2.04. The van der Waals surface area contributed by atoms with Crippen LogP contribution >= 0.6 is 0 Å². The van der Waals surface area contributed by atoms with E-state index in [1.807, 2.05) is 19.9 Å². The van der Waals surface area contributed by atoms with Gasteiger partial charge in [0.25, 0.3) is 0 Å². The second-order valence-corrected chi connectivity index (χ2v) is 4.43. The van der Waals surface area contributed by atoms with E-state index in [2.05, 4.69) is 5.32 Å². The molecule has 0 bridgehead atoms. The smallest absolute Gasteiger partial charge is 0.146 e. The number of anilines is 1. The number of nitrogens with one attached hydrogen (secondary N) is 1. The van der Waals surface area contributed by atoms with Crippen LogP contribution in [0.4, 0.5) is 14.5 Å². The minimum atomic E-state index is -0.317. The molecule has 0 aromatic heterocycles. The van der Waals surface area contributed by atoms with Gasteiger partial charge in [0.2, 0.25) is 0 Å². The van der Waals surface area contributed by atoms with Crippen molar-refractivity contribution in [2.45, 2.75) is 20.4 Å². The molecule has 2 aromatic carbocycles. The van der Waals surface area contributed by atoms with Gasteiger partial charge in [0, 0.05) is 12.1 Å². The lowest BCUT2D eigenvalue weighted by Gasteiger charge is -2.09. The summed E-state index contributed by atoms with van der Waals surface area (Å²) < 4.78 is 27.1. The molecule has 1 N–H and O–H groups in total. The molecule has 0 saturated carbocycles. The molecule has 0 spiro atoms. The van der Waals surface area contributed by atoms with Gasteiger partial charge in [0.15, 0.2) is 0 Å². The fourth-order valence-corrected chi connectivity index (χ4v) is 1.79. The van der Waals surface area contributed by atoms with Crippen molar-refractivity contribution in [2.75, 3.05) is 5.32 Å². The Hall–Kier alpha value is -1.90. The maximum absolute atomic E-state index is 13.6. The fraction of sp³-hybridized carbons (Fsp3) is 0.200. The van der Waals surface area contributed by atoms with Crippen molar-refractivity contribution in [3.8, 4) is 0 Å². The summed E-state index contributed by atoms with van der Waals surface area (Å²) in [6.45, 7) is 4.00. The van der Waals surface area contributed by atoms with E-state index in [-0.39, 0.29) is 18.2 Å². The van der Waals surface area contributed by atoms with Crippen molar-refractivity contribution in [3.63, 3.8) is 0 Å². The Bertz CT molecular complexity index is 564. The molecule has 0 amide bonds. The first-order chi connectivity index (χ1) is 8.56. The maximum atomic E-state index is 13.6. The molecule has 0 aliphatic rings. The lowest BCUT2D eigenvalue weighted by atomic mass is 10.1. The molecule has 0 aliphatic carbocycles. The summed E-state index contributed by atoms with van der Waals surface area (Å²) in [5.41, 5.74) is 2.77. The average molecular weight is 247 g/mol. The first-order valence-corrected chi connectivity index (χ1v) is 5.81. The summed E-state index contributed by atoms with van der Waals surface area (Å²) >= 11 is 0. The highest BCUT2D eigenvalue weighted by molar-refractivity contribution is 5.46. The average Bonchev–Trinajstić information content (AvgIpc) is 2.32. The second-order valence-electron chi connectivity index (χ2n) is 4.43. The Morgan fingerprint density at radius 1 is 0.889 bits per heavy atom. The van der Waals surface area contributed by atoms with Crippen LogP contribution in [0.5, 0.6) is 0 Å². The number of hydrogen-bond donors (Lipinski definition) is 1. The van der Waals surface area contributed by atoms with E-state index in [1.54, 1.807) is 18.2 Å². The maximum Gasteiger partial charge on any atom is 0.146 e. The molecule has 0 heterocycles. The first kappa shape index (κ1) is 12.6. The normalized spacial score (nSPS) is 10.4. The van der Waals surface area contributed by atoms with E-state index in [0.717, 1.165) is 11.1 Å². The van der Waals surface area contributed by atoms with E-state index in [0.29, 0.717) is 11.3 Å². The van der Waals surface area contributed by atoms with Crippen LogP contribution in [0.15, 0.2) is 36.4 Å². The summed E-state index contributed by atoms with van der Waals surface area (Å²) in [5.74, 6) is -0.594. The van der Waals surface area contributed by atoms with Crippen LogP contribution in [0.25, 0.3) is 0 Å². The van der Waals surface area contributed by atoms with Crippen LogP contribution in [-0.2, 0) is 6.54 Å². The molecule has 0 radical (unpaired) electrons. The number of benzene rings is 2. The molecule has 0 unspecified atom stereocenters. The summed E-state index contributed by atoms with van der Waals surface area (Å²) in [7, 11) is 0. The minimum Gasteiger partial charge on any atom is -0.378 e. The van der Waals surface area contributed by atoms with Crippen molar-refractivity contribution in [3.05, 3.63) is 64.7 Å². The molecule has 94 valence electrons. The van der Waals surface area contributed by atoms with Gasteiger partial charge in [-0.2, -0.15) is 0 Å². The number of aryl methyl sites for hydroxylation is 2. The summed E-state index contributed by atoms with van der Waals surface area (Å²) in [4.78, 5) is 0. The summed E-state index contributed by atoms with van der Waals surface area (Å²) in [5, 5.41) is 2.91. The third kappa shape index (κ3) is 2.86. The van der Waals surface area contributed by atoms with Crippen LogP contribution in [0.3, 0.4) is 0 Å². The lowest BCUT2D eigenvalue weighted by molar-refractivity contribution is 0.609. The third-order valence-corrected chi connectivity index (χ3v) is 2.80. The zero-order valence-corrected chi connectivity index (χ0v) is 10.4. The van der Waals surface area contributed by atoms with Gasteiger partial charge >= 0.3 is 0 Å². The Morgan fingerprint density at radius 2 is 1.56 bits per heavy atom. The monoisotopic (exact) mass is 247 g/mol. The van der Waals surface area contributed by atoms with E-state index in [9.17, 15) is 8.78 Å². The van der Waals surface area contributed by atoms with Crippen LogP contribution < -0.4 is 5.32 Å². The van der Waals surface area contributed by atoms with E-state index in [1.165, 1.54) is 12.1 Å². The summed E-state index contributed by atoms with van der Waals surface area (Å²) in [6, 6.07) is 9.84. The van der Waals surface area contributed by atoms with Crippen LogP contribution in [-0.4, -0.2) is 0 Å². The topological polar surface area (TPSA) is 12.0 Å². The Morgan fingerprint density at radius 3 is 2.28 bits per heavy atom. The van der Waals surface area contributed by atoms with Crippen LogP contribution in [0, 0.1) is 25.5 Å². The molecule has 0 aliphatic heterocycles. The molecule has 0 atom stereocenters. The van der Waals surface area contributed by atoms with Crippen molar-refractivity contribution in [1.82, 2.24) is 0 Å². The van der Waals surface area contributed by atoms with Gasteiger partial charge in [-0.1, -0.05) is 23.8 Å². The number of hydrogen-bond acceptors (Lipinski definition) is 1. The van der Waals surface area contributed by atoms with Crippen molar-refractivity contribution < 1.29 is 8.78 Å². The third-order valence-electron chi connectivity index (χ3n) is 2.80. The molecular formula is C15H15F2N. The van der Waals surface area contributed by atoms with Gasteiger partial charge in [0.05, 0.1) is 5.69 Å². The molecule has 2 aromatic rings. The number of halogens is 2. The molecule has 3 heteroatoms. The van der Waals surface area contributed by atoms with Crippen molar-refractivity contribution >= 4 is 5.69 Å². The van der Waals surface area contributed by atoms with E-state index >= 15 is 0 Å². The second kappa shape index (κ2) is 5.17. The zero-order valence-electron chi connectivity index (χ0n) is 10.4. The molecule has 18 heavy (non-hydrogen) atoms. The van der Waals surface area contributed by atoms with Gasteiger partial charge in [-0.15, -0.1) is 0 Å². The fourth-order valence-electron chi connectivity index (χ4n) is 1.79. The van der Waals surface area contributed by atoms with E-state index < -0.39 is 0 Å². The van der Waals surface area contributed by atoms with Crippen molar-refractivity contribution in [1.29, 1.82) is 0 Å². The predicted octanol–water partition coefficient (Wildman–Crippen LogP) is 4.19. The van der Waals surface area contributed by atoms with Crippen molar-refractivity contribution in [2.24, 2.45) is 0 Å². The standard InChI is InChI=1S/C15H15F2N/c1-10-3-5-13(16)12(7-10)9-18-15-6-4-11(2)8-14(15)17/h3-8,18H,9H2,1-2H3. The zero-order chi connectivity index (χ0) is 13.1. The highest BCUT2D eigenvalue weighted by Gasteiger charge is 2.05. The van der Waals surface area contributed by atoms with Gasteiger partial charge < -0.3 is 5.32 Å². The predicted molar refractivity (Wildman–Crippen MR) is 69.6 cm³/mol. The Balaban J connectivity index is 2.13. The SMILES string of the molecule is Cc1ccc(NCc2cc(C)ccc2F)c(F)c1. The Kier molecular flexibility index (Phi) is 3.60. The largest absolute Gasteiger partial charge is 0.378 e. The molecular weight excluding hydrogens is 232 g/mol. The minimum absolute atomic E-state index is 0.271. The van der Waals surface area contributed by atoms with Gasteiger partial charge in [-0.3, -0.25) is 0 Å². The highest BCUT2D eigenvalue weighted by atomic mass is 19.1. The Labute approximate surface area is 105 Å². The summed E-state index contributed by atoms with van der Waals surface area (Å²) in [6.07, 6.45) is 0. The highest BCUT2D eigenvalue weighted by Crippen LogP contribution is 2.17. The van der Waals surface area contributed by atoms with Crippen LogP contribution in [0.1, 0.15) is 16.7 Å². The van der Waals surface area contributed by atoms with Gasteiger partial charge in [-0.25, -0.2) is 8.78 Å². The molecule has 1 nitrogen and oxygen atoms in total. The quantitative estimate of drug-likeness (QED) is 0.857. The van der Waals surface area contributed by atoms with Gasteiger partial charge in [0.1, 0.15) is 11.6 Å². The number of rotatable bonds is 3. The molecule has 0 fully saturated rings. The van der Waals surface area contributed by atoms with E-state index in [4.69, 9.17) is 0 Å². The van der Waals surface area contributed by atoms with Crippen LogP contribution in [0.2, 0.25) is 0 Å². The van der Waals surface area contributed by atoms with Gasteiger partial charge in [-0.05, 0) is 37.6 Å².